The maximum Gasteiger partial charge on any atom is 0.227 e. The molecule has 1 amide bonds. The van der Waals surface area contributed by atoms with E-state index < -0.39 is 0 Å². The molecule has 6 nitrogen and oxygen atoms in total. The van der Waals surface area contributed by atoms with Crippen molar-refractivity contribution < 1.29 is 4.79 Å². The third-order valence-electron chi connectivity index (χ3n) is 4.58. The van der Waals surface area contributed by atoms with Crippen LogP contribution in [-0.2, 0) is 10.3 Å². The number of nitrogens with zero attached hydrogens (tertiary/aromatic N) is 3. The van der Waals surface area contributed by atoms with Crippen LogP contribution in [0.5, 0.6) is 0 Å². The lowest BCUT2D eigenvalue weighted by Gasteiger charge is -2.42. The van der Waals surface area contributed by atoms with Gasteiger partial charge in [-0.15, -0.1) is 0 Å². The molecule has 2 aromatic rings. The van der Waals surface area contributed by atoms with Crippen molar-refractivity contribution in [2.24, 2.45) is 0 Å². The van der Waals surface area contributed by atoms with E-state index in [0.29, 0.717) is 6.42 Å². The molecule has 2 aliphatic rings. The predicted octanol–water partition coefficient (Wildman–Crippen LogP) is 2.02. The average molecular weight is 271 g/mol. The first kappa shape index (κ1) is 11.7. The average Bonchev–Trinajstić information content (AvgIpc) is 2.77. The molecule has 0 bridgehead atoms. The summed E-state index contributed by atoms with van der Waals surface area (Å²) in [4.78, 5) is 20.5. The van der Waals surface area contributed by atoms with E-state index >= 15 is 0 Å². The summed E-state index contributed by atoms with van der Waals surface area (Å²) in [6.07, 6.45) is 7.89. The standard InChI is InChI=1S/C14H17N5O/c15-13-16-8-9-6-10-17-11(20)7-14(4-2-1-3-5-14)19(10)12(9)18-13/h6,8H,1-5,7H2,(H,17,20)(H2,15,16,18). The molecule has 4 rings (SSSR count). The van der Waals surface area contributed by atoms with E-state index in [0.717, 1.165) is 42.5 Å². The number of aromatic nitrogens is 3. The zero-order chi connectivity index (χ0) is 13.7. The van der Waals surface area contributed by atoms with Gasteiger partial charge in [-0.1, -0.05) is 19.3 Å². The molecule has 0 atom stereocenters. The molecule has 1 spiro atoms. The monoisotopic (exact) mass is 271 g/mol. The fourth-order valence-corrected chi connectivity index (χ4v) is 3.75. The number of rotatable bonds is 0. The minimum absolute atomic E-state index is 0.100. The van der Waals surface area contributed by atoms with Crippen LogP contribution in [0.2, 0.25) is 0 Å². The molecular formula is C14H17N5O. The molecule has 3 N–H and O–H groups in total. The molecule has 2 aromatic heterocycles. The van der Waals surface area contributed by atoms with Gasteiger partial charge >= 0.3 is 0 Å². The molecule has 0 radical (unpaired) electrons. The van der Waals surface area contributed by atoms with Gasteiger partial charge in [0, 0.05) is 11.6 Å². The van der Waals surface area contributed by atoms with Gasteiger partial charge in [-0.2, -0.15) is 4.98 Å². The summed E-state index contributed by atoms with van der Waals surface area (Å²) in [6, 6.07) is 1.95. The number of amides is 1. The Labute approximate surface area is 116 Å². The number of carbonyl (C=O) groups is 1. The topological polar surface area (TPSA) is 85.8 Å². The van der Waals surface area contributed by atoms with Crippen LogP contribution in [0.25, 0.3) is 11.0 Å². The largest absolute Gasteiger partial charge is 0.368 e. The Morgan fingerprint density at radius 3 is 2.90 bits per heavy atom. The van der Waals surface area contributed by atoms with Crippen LogP contribution in [0.3, 0.4) is 0 Å². The zero-order valence-corrected chi connectivity index (χ0v) is 11.2. The summed E-state index contributed by atoms with van der Waals surface area (Å²) in [5, 5.41) is 3.89. The summed E-state index contributed by atoms with van der Waals surface area (Å²) in [5.41, 5.74) is 6.45. The van der Waals surface area contributed by atoms with Gasteiger partial charge in [0.25, 0.3) is 0 Å². The van der Waals surface area contributed by atoms with E-state index in [1.807, 2.05) is 6.07 Å². The number of hydrogen-bond acceptors (Lipinski definition) is 4. The normalized spacial score (nSPS) is 20.9. The Kier molecular flexibility index (Phi) is 2.31. The molecule has 0 saturated heterocycles. The summed E-state index contributed by atoms with van der Waals surface area (Å²) >= 11 is 0. The van der Waals surface area contributed by atoms with Gasteiger partial charge in [0.2, 0.25) is 11.9 Å². The van der Waals surface area contributed by atoms with Crippen LogP contribution in [0.4, 0.5) is 11.8 Å². The first-order valence-corrected chi connectivity index (χ1v) is 7.12. The predicted molar refractivity (Wildman–Crippen MR) is 76.2 cm³/mol. The SMILES string of the molecule is Nc1ncc2cc3n(c2n1)C1(CCCCC1)CC(=O)N3. The van der Waals surface area contributed by atoms with Crippen LogP contribution in [0.1, 0.15) is 38.5 Å². The van der Waals surface area contributed by atoms with Crippen LogP contribution in [0, 0.1) is 0 Å². The second-order valence-electron chi connectivity index (χ2n) is 5.88. The van der Waals surface area contributed by atoms with Gasteiger partial charge in [0.15, 0.2) is 0 Å². The van der Waals surface area contributed by atoms with Crippen LogP contribution >= 0.6 is 0 Å². The molecule has 1 aliphatic heterocycles. The van der Waals surface area contributed by atoms with E-state index in [1.54, 1.807) is 6.20 Å². The highest BCUT2D eigenvalue weighted by molar-refractivity contribution is 5.96. The number of fused-ring (bicyclic) bond motifs is 4. The lowest BCUT2D eigenvalue weighted by Crippen LogP contribution is -2.44. The summed E-state index contributed by atoms with van der Waals surface area (Å²) in [5.74, 6) is 1.21. The second-order valence-corrected chi connectivity index (χ2v) is 5.88. The van der Waals surface area contributed by atoms with Gasteiger partial charge in [-0.3, -0.25) is 4.79 Å². The minimum atomic E-state index is -0.127. The minimum Gasteiger partial charge on any atom is -0.368 e. The number of nitrogens with one attached hydrogen (secondary N) is 1. The lowest BCUT2D eigenvalue weighted by atomic mass is 9.78. The van der Waals surface area contributed by atoms with Crippen molar-refractivity contribution in [2.75, 3.05) is 11.1 Å². The van der Waals surface area contributed by atoms with E-state index in [1.165, 1.54) is 6.42 Å². The fraction of sp³-hybridized carbons (Fsp3) is 0.500. The van der Waals surface area contributed by atoms with E-state index in [9.17, 15) is 4.79 Å². The maximum absolute atomic E-state index is 12.1. The van der Waals surface area contributed by atoms with Crippen molar-refractivity contribution in [3.05, 3.63) is 12.3 Å². The first-order chi connectivity index (χ1) is 9.68. The van der Waals surface area contributed by atoms with Crippen LogP contribution in [-0.4, -0.2) is 20.4 Å². The molecule has 20 heavy (non-hydrogen) atoms. The summed E-state index contributed by atoms with van der Waals surface area (Å²) in [6.45, 7) is 0. The van der Waals surface area contributed by atoms with Crippen molar-refractivity contribution >= 4 is 28.7 Å². The van der Waals surface area contributed by atoms with Crippen molar-refractivity contribution in [2.45, 2.75) is 44.1 Å². The first-order valence-electron chi connectivity index (χ1n) is 7.12. The number of nitrogens with two attached hydrogens (primary N) is 1. The molecular weight excluding hydrogens is 254 g/mol. The molecule has 0 unspecified atom stereocenters. The summed E-state index contributed by atoms with van der Waals surface area (Å²) in [7, 11) is 0. The third-order valence-corrected chi connectivity index (χ3v) is 4.58. The molecule has 104 valence electrons. The lowest BCUT2D eigenvalue weighted by molar-refractivity contribution is -0.119. The molecule has 1 saturated carbocycles. The van der Waals surface area contributed by atoms with Gasteiger partial charge in [0.1, 0.15) is 11.5 Å². The molecule has 3 heterocycles. The fourth-order valence-electron chi connectivity index (χ4n) is 3.75. The highest BCUT2D eigenvalue weighted by Crippen LogP contribution is 2.45. The third kappa shape index (κ3) is 1.54. The molecule has 6 heteroatoms. The maximum atomic E-state index is 12.1. The number of anilines is 2. The second kappa shape index (κ2) is 3.94. The van der Waals surface area contributed by atoms with Crippen molar-refractivity contribution in [1.82, 2.24) is 14.5 Å². The Hall–Kier alpha value is -2.11. The van der Waals surface area contributed by atoms with Crippen LogP contribution < -0.4 is 11.1 Å². The van der Waals surface area contributed by atoms with Gasteiger partial charge < -0.3 is 15.6 Å². The van der Waals surface area contributed by atoms with Gasteiger partial charge in [0.05, 0.1) is 12.0 Å². The highest BCUT2D eigenvalue weighted by Gasteiger charge is 2.41. The van der Waals surface area contributed by atoms with Gasteiger partial charge in [-0.25, -0.2) is 4.98 Å². The number of hydrogen-bond donors (Lipinski definition) is 2. The van der Waals surface area contributed by atoms with Crippen molar-refractivity contribution in [3.63, 3.8) is 0 Å². The number of carbonyl (C=O) groups excluding carboxylic acids is 1. The van der Waals surface area contributed by atoms with Crippen molar-refractivity contribution in [1.29, 1.82) is 0 Å². The van der Waals surface area contributed by atoms with Gasteiger partial charge in [-0.05, 0) is 18.9 Å². The smallest absolute Gasteiger partial charge is 0.227 e. The number of nitrogen functional groups attached to an aromatic ring is 1. The molecule has 1 fully saturated rings. The Morgan fingerprint density at radius 2 is 2.10 bits per heavy atom. The van der Waals surface area contributed by atoms with E-state index in [-0.39, 0.29) is 17.4 Å². The van der Waals surface area contributed by atoms with E-state index in [4.69, 9.17) is 5.73 Å². The van der Waals surface area contributed by atoms with Crippen molar-refractivity contribution in [3.8, 4) is 0 Å². The Bertz CT molecular complexity index is 699. The molecule has 0 aromatic carbocycles. The Morgan fingerprint density at radius 1 is 1.30 bits per heavy atom. The summed E-state index contributed by atoms with van der Waals surface area (Å²) < 4.78 is 2.20. The van der Waals surface area contributed by atoms with E-state index in [2.05, 4.69) is 19.9 Å². The molecule has 1 aliphatic carbocycles. The zero-order valence-electron chi connectivity index (χ0n) is 11.2. The highest BCUT2D eigenvalue weighted by atomic mass is 16.1. The van der Waals surface area contributed by atoms with Crippen LogP contribution in [0.15, 0.2) is 12.3 Å². The quantitative estimate of drug-likeness (QED) is 0.767. The Balaban J connectivity index is 1.99.